The first-order chi connectivity index (χ1) is 8.15. The molecule has 0 unspecified atom stereocenters. The molecule has 0 atom stereocenters. The first kappa shape index (κ1) is 11.2. The van der Waals surface area contributed by atoms with E-state index in [4.69, 9.17) is 5.11 Å². The maximum atomic E-state index is 10.9. The van der Waals surface area contributed by atoms with E-state index in [1.807, 2.05) is 0 Å². The fraction of sp³-hybridized carbons (Fsp3) is 0.200. The van der Waals surface area contributed by atoms with Crippen LogP contribution < -0.4 is 0 Å². The van der Waals surface area contributed by atoms with Gasteiger partial charge in [0, 0.05) is 13.1 Å². The SMILES string of the molecule is Cn1c(CO)nnc1-c1ccccc1[N+](=O)[O-]. The molecule has 0 amide bonds. The van der Waals surface area contributed by atoms with Gasteiger partial charge < -0.3 is 9.67 Å². The Hall–Kier alpha value is -2.28. The summed E-state index contributed by atoms with van der Waals surface area (Å²) in [5, 5.41) is 27.5. The molecule has 1 aromatic carbocycles. The number of aliphatic hydroxyl groups excluding tert-OH is 1. The van der Waals surface area contributed by atoms with E-state index in [1.165, 1.54) is 10.6 Å². The van der Waals surface area contributed by atoms with Crippen LogP contribution in [-0.4, -0.2) is 24.8 Å². The summed E-state index contributed by atoms with van der Waals surface area (Å²) in [6, 6.07) is 6.28. The van der Waals surface area contributed by atoms with Crippen LogP contribution in [0.5, 0.6) is 0 Å². The van der Waals surface area contributed by atoms with Crippen molar-refractivity contribution in [2.75, 3.05) is 0 Å². The zero-order valence-electron chi connectivity index (χ0n) is 9.07. The summed E-state index contributed by atoms with van der Waals surface area (Å²) in [4.78, 5) is 10.4. The molecule has 1 heterocycles. The third-order valence-electron chi connectivity index (χ3n) is 2.45. The minimum Gasteiger partial charge on any atom is -0.388 e. The van der Waals surface area contributed by atoms with Gasteiger partial charge in [-0.05, 0) is 6.07 Å². The predicted octanol–water partition coefficient (Wildman–Crippen LogP) is 0.883. The van der Waals surface area contributed by atoms with E-state index in [0.29, 0.717) is 17.2 Å². The van der Waals surface area contributed by atoms with Crippen molar-refractivity contribution in [2.24, 2.45) is 7.05 Å². The minimum absolute atomic E-state index is 0.0347. The highest BCUT2D eigenvalue weighted by Crippen LogP contribution is 2.27. The summed E-state index contributed by atoms with van der Waals surface area (Å²) in [5.74, 6) is 0.722. The van der Waals surface area contributed by atoms with Crippen LogP contribution in [0.4, 0.5) is 5.69 Å². The first-order valence-electron chi connectivity index (χ1n) is 4.88. The van der Waals surface area contributed by atoms with E-state index in [0.717, 1.165) is 0 Å². The topological polar surface area (TPSA) is 94.1 Å². The smallest absolute Gasteiger partial charge is 0.280 e. The monoisotopic (exact) mass is 234 g/mol. The molecular weight excluding hydrogens is 224 g/mol. The quantitative estimate of drug-likeness (QED) is 0.628. The predicted molar refractivity (Wildman–Crippen MR) is 59.0 cm³/mol. The Balaban J connectivity index is 2.60. The molecule has 1 N–H and O–H groups in total. The lowest BCUT2D eigenvalue weighted by molar-refractivity contribution is -0.384. The van der Waals surface area contributed by atoms with Crippen molar-refractivity contribution in [1.29, 1.82) is 0 Å². The molecule has 0 spiro atoms. The van der Waals surface area contributed by atoms with Gasteiger partial charge in [0.15, 0.2) is 11.6 Å². The van der Waals surface area contributed by atoms with Crippen LogP contribution in [0.3, 0.4) is 0 Å². The number of hydrogen-bond acceptors (Lipinski definition) is 5. The third-order valence-corrected chi connectivity index (χ3v) is 2.45. The summed E-state index contributed by atoms with van der Waals surface area (Å²) in [6.45, 7) is -0.260. The molecule has 2 rings (SSSR count). The van der Waals surface area contributed by atoms with Crippen LogP contribution in [0.25, 0.3) is 11.4 Å². The number of nitrogens with zero attached hydrogens (tertiary/aromatic N) is 4. The second kappa shape index (κ2) is 4.30. The van der Waals surface area contributed by atoms with Crippen molar-refractivity contribution in [3.63, 3.8) is 0 Å². The van der Waals surface area contributed by atoms with Gasteiger partial charge in [-0.15, -0.1) is 10.2 Å². The molecule has 0 bridgehead atoms. The van der Waals surface area contributed by atoms with Gasteiger partial charge in [-0.2, -0.15) is 0 Å². The molecule has 1 aromatic heterocycles. The molecule has 7 nitrogen and oxygen atoms in total. The van der Waals surface area contributed by atoms with Crippen LogP contribution >= 0.6 is 0 Å². The second-order valence-electron chi connectivity index (χ2n) is 3.43. The number of aromatic nitrogens is 3. The second-order valence-corrected chi connectivity index (χ2v) is 3.43. The van der Waals surface area contributed by atoms with Gasteiger partial charge in [0.2, 0.25) is 0 Å². The normalized spacial score (nSPS) is 10.5. The van der Waals surface area contributed by atoms with Gasteiger partial charge in [-0.25, -0.2) is 0 Å². The number of aliphatic hydroxyl groups is 1. The Morgan fingerprint density at radius 3 is 2.71 bits per heavy atom. The molecule has 0 aliphatic heterocycles. The van der Waals surface area contributed by atoms with Gasteiger partial charge in [-0.1, -0.05) is 12.1 Å². The van der Waals surface area contributed by atoms with Crippen molar-refractivity contribution < 1.29 is 10.0 Å². The van der Waals surface area contributed by atoms with Crippen LogP contribution in [0.1, 0.15) is 5.82 Å². The molecule has 7 heteroatoms. The number of benzene rings is 1. The van der Waals surface area contributed by atoms with Gasteiger partial charge >= 0.3 is 0 Å². The van der Waals surface area contributed by atoms with E-state index in [1.54, 1.807) is 25.2 Å². The van der Waals surface area contributed by atoms with Gasteiger partial charge in [0.05, 0.1) is 10.5 Å². The highest BCUT2D eigenvalue weighted by molar-refractivity contribution is 5.67. The largest absolute Gasteiger partial charge is 0.388 e. The van der Waals surface area contributed by atoms with Crippen LogP contribution in [-0.2, 0) is 13.7 Å². The van der Waals surface area contributed by atoms with Crippen LogP contribution in [0.15, 0.2) is 24.3 Å². The molecule has 0 fully saturated rings. The number of nitro benzene ring substituents is 1. The molecule has 0 aliphatic carbocycles. The average Bonchev–Trinajstić information content (AvgIpc) is 2.70. The van der Waals surface area contributed by atoms with E-state index < -0.39 is 4.92 Å². The maximum absolute atomic E-state index is 10.9. The fourth-order valence-corrected chi connectivity index (χ4v) is 1.56. The summed E-state index contributed by atoms with van der Waals surface area (Å²) in [7, 11) is 1.65. The van der Waals surface area contributed by atoms with E-state index >= 15 is 0 Å². The zero-order chi connectivity index (χ0) is 12.4. The van der Waals surface area contributed by atoms with Crippen molar-refractivity contribution in [3.05, 3.63) is 40.2 Å². The number of hydrogen-bond donors (Lipinski definition) is 1. The maximum Gasteiger partial charge on any atom is 0.280 e. The van der Waals surface area contributed by atoms with E-state index in [2.05, 4.69) is 10.2 Å². The Kier molecular flexibility index (Phi) is 2.84. The molecule has 17 heavy (non-hydrogen) atoms. The number of nitro groups is 1. The van der Waals surface area contributed by atoms with E-state index in [-0.39, 0.29) is 12.3 Å². The molecule has 0 radical (unpaired) electrons. The lowest BCUT2D eigenvalue weighted by atomic mass is 10.1. The lowest BCUT2D eigenvalue weighted by Gasteiger charge is -2.03. The molecule has 2 aromatic rings. The minimum atomic E-state index is -0.470. The highest BCUT2D eigenvalue weighted by atomic mass is 16.6. The van der Waals surface area contributed by atoms with Crippen LogP contribution in [0.2, 0.25) is 0 Å². The summed E-state index contributed by atoms with van der Waals surface area (Å²) >= 11 is 0. The van der Waals surface area contributed by atoms with Crippen molar-refractivity contribution >= 4 is 5.69 Å². The van der Waals surface area contributed by atoms with Crippen molar-refractivity contribution in [1.82, 2.24) is 14.8 Å². The average molecular weight is 234 g/mol. The first-order valence-corrected chi connectivity index (χ1v) is 4.88. The Bertz CT molecular complexity index is 564. The van der Waals surface area contributed by atoms with Crippen molar-refractivity contribution in [3.8, 4) is 11.4 Å². The van der Waals surface area contributed by atoms with Gasteiger partial charge in [0.25, 0.3) is 5.69 Å². The number of para-hydroxylation sites is 1. The molecule has 88 valence electrons. The molecule has 0 aliphatic rings. The summed E-state index contributed by atoms with van der Waals surface area (Å²) in [6.07, 6.45) is 0. The van der Waals surface area contributed by atoms with Crippen molar-refractivity contribution in [2.45, 2.75) is 6.61 Å². The third kappa shape index (κ3) is 1.87. The molecule has 0 saturated heterocycles. The fourth-order valence-electron chi connectivity index (χ4n) is 1.56. The van der Waals surface area contributed by atoms with E-state index in [9.17, 15) is 10.1 Å². The standard InChI is InChI=1S/C10H10N4O3/c1-13-9(6-15)11-12-10(13)7-4-2-3-5-8(7)14(16)17/h2-5,15H,6H2,1H3. The number of rotatable bonds is 3. The Morgan fingerprint density at radius 2 is 2.12 bits per heavy atom. The Labute approximate surface area is 96.5 Å². The molecule has 0 saturated carbocycles. The zero-order valence-corrected chi connectivity index (χ0v) is 9.07. The Morgan fingerprint density at radius 1 is 1.41 bits per heavy atom. The highest BCUT2D eigenvalue weighted by Gasteiger charge is 2.19. The van der Waals surface area contributed by atoms with Crippen LogP contribution in [0, 0.1) is 10.1 Å². The lowest BCUT2D eigenvalue weighted by Crippen LogP contribution is -2.00. The van der Waals surface area contributed by atoms with Gasteiger partial charge in [-0.3, -0.25) is 10.1 Å². The molecular formula is C10H10N4O3. The summed E-state index contributed by atoms with van der Waals surface area (Å²) in [5.41, 5.74) is 0.347. The van der Waals surface area contributed by atoms with Gasteiger partial charge in [0.1, 0.15) is 6.61 Å². The summed E-state index contributed by atoms with van der Waals surface area (Å²) < 4.78 is 1.53.